The molecule has 6 heteroatoms. The van der Waals surface area contributed by atoms with Crippen molar-refractivity contribution in [2.24, 2.45) is 0 Å². The highest BCUT2D eigenvalue weighted by Gasteiger charge is 2.23. The monoisotopic (exact) mass is 365 g/mol. The van der Waals surface area contributed by atoms with Crippen LogP contribution in [0.2, 0.25) is 0 Å². The quantitative estimate of drug-likeness (QED) is 0.814. The first-order valence-electron chi connectivity index (χ1n) is 9.02. The number of rotatable bonds is 7. The minimum atomic E-state index is -0.173. The van der Waals surface area contributed by atoms with E-state index in [-0.39, 0.29) is 18.6 Å². The second kappa shape index (κ2) is 9.72. The van der Waals surface area contributed by atoms with Gasteiger partial charge in [0.1, 0.15) is 5.75 Å². The van der Waals surface area contributed by atoms with Crippen LogP contribution in [-0.2, 0) is 9.53 Å². The van der Waals surface area contributed by atoms with E-state index in [1.165, 1.54) is 5.56 Å². The van der Waals surface area contributed by atoms with E-state index < -0.39 is 0 Å². The van der Waals surface area contributed by atoms with Gasteiger partial charge in [0.15, 0.2) is 6.61 Å². The summed E-state index contributed by atoms with van der Waals surface area (Å²) in [5, 5.41) is 11.8. The number of hydrogen-bond donors (Lipinski definition) is 1. The van der Waals surface area contributed by atoms with Crippen LogP contribution in [-0.4, -0.2) is 50.3 Å². The van der Waals surface area contributed by atoms with Gasteiger partial charge in [0.2, 0.25) is 0 Å². The van der Waals surface area contributed by atoms with Crippen LogP contribution in [0.25, 0.3) is 0 Å². The van der Waals surface area contributed by atoms with Gasteiger partial charge >= 0.3 is 0 Å². The Labute approximate surface area is 159 Å². The van der Waals surface area contributed by atoms with Crippen LogP contribution >= 0.6 is 0 Å². The summed E-state index contributed by atoms with van der Waals surface area (Å²) in [6, 6.07) is 19.0. The molecule has 1 fully saturated rings. The molecule has 1 atom stereocenters. The highest BCUT2D eigenvalue weighted by atomic mass is 16.5. The zero-order valence-corrected chi connectivity index (χ0v) is 15.1. The Balaban J connectivity index is 1.54. The third-order valence-electron chi connectivity index (χ3n) is 4.52. The number of nitrogens with zero attached hydrogens (tertiary/aromatic N) is 2. The minimum absolute atomic E-state index is 0.0590. The van der Waals surface area contributed by atoms with Crippen LogP contribution in [0.15, 0.2) is 54.6 Å². The van der Waals surface area contributed by atoms with Crippen molar-refractivity contribution in [2.75, 3.05) is 39.5 Å². The van der Waals surface area contributed by atoms with Gasteiger partial charge < -0.3 is 14.8 Å². The van der Waals surface area contributed by atoms with Crippen LogP contribution in [0.5, 0.6) is 5.75 Å². The highest BCUT2D eigenvalue weighted by molar-refractivity contribution is 5.77. The Kier molecular flexibility index (Phi) is 6.80. The van der Waals surface area contributed by atoms with Crippen molar-refractivity contribution in [3.05, 3.63) is 65.7 Å². The first-order valence-corrected chi connectivity index (χ1v) is 9.02. The molecule has 0 radical (unpaired) electrons. The topological polar surface area (TPSA) is 74.6 Å². The van der Waals surface area contributed by atoms with Gasteiger partial charge in [0.25, 0.3) is 5.91 Å². The number of morpholine rings is 1. The van der Waals surface area contributed by atoms with E-state index in [0.29, 0.717) is 31.1 Å². The van der Waals surface area contributed by atoms with Crippen LogP contribution in [0.3, 0.4) is 0 Å². The van der Waals surface area contributed by atoms with Gasteiger partial charge in [-0.25, -0.2) is 0 Å². The SMILES string of the molecule is N#Cc1ccc(OCC(=O)NCC(c2ccccc2)N2CCOCC2)cc1. The molecule has 27 heavy (non-hydrogen) atoms. The number of benzene rings is 2. The van der Waals surface area contributed by atoms with Crippen molar-refractivity contribution in [2.45, 2.75) is 6.04 Å². The third-order valence-corrected chi connectivity index (χ3v) is 4.52. The second-order valence-electron chi connectivity index (χ2n) is 6.30. The summed E-state index contributed by atoms with van der Waals surface area (Å²) in [5.41, 5.74) is 1.73. The highest BCUT2D eigenvalue weighted by Crippen LogP contribution is 2.21. The molecule has 0 spiro atoms. The first kappa shape index (κ1) is 18.9. The maximum Gasteiger partial charge on any atom is 0.258 e. The van der Waals surface area contributed by atoms with E-state index in [4.69, 9.17) is 14.7 Å². The molecule has 0 aliphatic carbocycles. The van der Waals surface area contributed by atoms with E-state index in [2.05, 4.69) is 28.4 Å². The summed E-state index contributed by atoms with van der Waals surface area (Å²) in [5.74, 6) is 0.394. The fraction of sp³-hybridized carbons (Fsp3) is 0.333. The number of carbonyl (C=O) groups is 1. The largest absolute Gasteiger partial charge is 0.484 e. The predicted molar refractivity (Wildman–Crippen MR) is 101 cm³/mol. The van der Waals surface area contributed by atoms with Crippen molar-refractivity contribution < 1.29 is 14.3 Å². The molecule has 0 saturated carbocycles. The van der Waals surface area contributed by atoms with Crippen molar-refractivity contribution in [3.63, 3.8) is 0 Å². The number of amides is 1. The lowest BCUT2D eigenvalue weighted by Crippen LogP contribution is -2.44. The van der Waals surface area contributed by atoms with Gasteiger partial charge in [0.05, 0.1) is 30.9 Å². The third kappa shape index (κ3) is 5.55. The second-order valence-corrected chi connectivity index (χ2v) is 6.30. The zero-order valence-electron chi connectivity index (χ0n) is 15.1. The summed E-state index contributed by atoms with van der Waals surface area (Å²) in [7, 11) is 0. The Morgan fingerprint density at radius 2 is 1.85 bits per heavy atom. The molecule has 6 nitrogen and oxygen atoms in total. The Morgan fingerprint density at radius 1 is 1.15 bits per heavy atom. The smallest absolute Gasteiger partial charge is 0.258 e. The number of carbonyl (C=O) groups excluding carboxylic acids is 1. The molecular formula is C21H23N3O3. The van der Waals surface area contributed by atoms with Gasteiger partial charge in [-0.05, 0) is 29.8 Å². The molecule has 0 aromatic heterocycles. The van der Waals surface area contributed by atoms with Gasteiger partial charge in [-0.1, -0.05) is 30.3 Å². The zero-order chi connectivity index (χ0) is 18.9. The molecule has 2 aromatic carbocycles. The number of hydrogen-bond acceptors (Lipinski definition) is 5. The molecule has 2 aromatic rings. The van der Waals surface area contributed by atoms with Gasteiger partial charge in [-0.15, -0.1) is 0 Å². The Hall–Kier alpha value is -2.88. The lowest BCUT2D eigenvalue weighted by atomic mass is 10.0. The fourth-order valence-electron chi connectivity index (χ4n) is 3.06. The molecule has 1 unspecified atom stereocenters. The number of nitrogens with one attached hydrogen (secondary N) is 1. The molecule has 1 N–H and O–H groups in total. The van der Waals surface area contributed by atoms with E-state index in [1.54, 1.807) is 24.3 Å². The molecule has 140 valence electrons. The molecule has 3 rings (SSSR count). The summed E-state index contributed by atoms with van der Waals surface area (Å²) >= 11 is 0. The molecule has 1 aliphatic rings. The summed E-state index contributed by atoms with van der Waals surface area (Å²) < 4.78 is 10.9. The van der Waals surface area contributed by atoms with Gasteiger partial charge in [-0.3, -0.25) is 9.69 Å². The number of nitriles is 1. The fourth-order valence-corrected chi connectivity index (χ4v) is 3.06. The van der Waals surface area contributed by atoms with Crippen LogP contribution in [0, 0.1) is 11.3 Å². The van der Waals surface area contributed by atoms with Crippen LogP contribution in [0.1, 0.15) is 17.2 Å². The van der Waals surface area contributed by atoms with Crippen LogP contribution in [0.4, 0.5) is 0 Å². The van der Waals surface area contributed by atoms with Crippen molar-refractivity contribution in [1.29, 1.82) is 5.26 Å². The standard InChI is InChI=1S/C21H23N3O3/c22-14-17-6-8-19(9-7-17)27-16-21(25)23-15-20(18-4-2-1-3-5-18)24-10-12-26-13-11-24/h1-9,20H,10-13,15-16H2,(H,23,25). The Morgan fingerprint density at radius 3 is 2.52 bits per heavy atom. The van der Waals surface area contributed by atoms with E-state index in [0.717, 1.165) is 13.1 Å². The molecule has 1 amide bonds. The maximum atomic E-state index is 12.2. The van der Waals surface area contributed by atoms with E-state index in [9.17, 15) is 4.79 Å². The normalized spacial score (nSPS) is 15.5. The Bertz CT molecular complexity index is 766. The molecular weight excluding hydrogens is 342 g/mol. The van der Waals surface area contributed by atoms with Crippen molar-refractivity contribution in [1.82, 2.24) is 10.2 Å². The average molecular weight is 365 g/mol. The van der Waals surface area contributed by atoms with Gasteiger partial charge in [0, 0.05) is 19.6 Å². The lowest BCUT2D eigenvalue weighted by molar-refractivity contribution is -0.123. The van der Waals surface area contributed by atoms with E-state index >= 15 is 0 Å². The minimum Gasteiger partial charge on any atom is -0.484 e. The average Bonchev–Trinajstić information content (AvgIpc) is 2.74. The maximum absolute atomic E-state index is 12.2. The molecule has 1 aliphatic heterocycles. The molecule has 0 bridgehead atoms. The predicted octanol–water partition coefficient (Wildman–Crippen LogP) is 2.13. The lowest BCUT2D eigenvalue weighted by Gasteiger charge is -2.34. The molecule has 1 saturated heterocycles. The number of ether oxygens (including phenoxy) is 2. The summed E-state index contributed by atoms with van der Waals surface area (Å²) in [6.45, 7) is 3.56. The van der Waals surface area contributed by atoms with Crippen molar-refractivity contribution in [3.8, 4) is 11.8 Å². The van der Waals surface area contributed by atoms with Gasteiger partial charge in [-0.2, -0.15) is 5.26 Å². The first-order chi connectivity index (χ1) is 13.3. The van der Waals surface area contributed by atoms with Crippen molar-refractivity contribution >= 4 is 5.91 Å². The summed E-state index contributed by atoms with van der Waals surface area (Å²) in [6.07, 6.45) is 0. The van der Waals surface area contributed by atoms with E-state index in [1.807, 2.05) is 18.2 Å². The van der Waals surface area contributed by atoms with Crippen LogP contribution < -0.4 is 10.1 Å². The molecule has 1 heterocycles. The summed E-state index contributed by atoms with van der Waals surface area (Å²) in [4.78, 5) is 14.6.